The van der Waals surface area contributed by atoms with Gasteiger partial charge in [0.1, 0.15) is 0 Å². The third-order valence-electron chi connectivity index (χ3n) is 4.74. The molecule has 0 aromatic heterocycles. The van der Waals surface area contributed by atoms with Crippen LogP contribution in [0.15, 0.2) is 59.5 Å². The molecule has 5 heteroatoms. The van der Waals surface area contributed by atoms with Gasteiger partial charge in [-0.15, -0.1) is 24.2 Å². The van der Waals surface area contributed by atoms with Gasteiger partial charge in [0.05, 0.1) is 0 Å². The Balaban J connectivity index is 0.00000243. The monoisotopic (exact) mass is 390 g/mol. The van der Waals surface area contributed by atoms with Crippen molar-refractivity contribution in [1.82, 2.24) is 10.2 Å². The first-order valence-corrected chi connectivity index (χ1v) is 9.95. The van der Waals surface area contributed by atoms with Crippen LogP contribution in [0.25, 0.3) is 0 Å². The molecule has 26 heavy (non-hydrogen) atoms. The highest BCUT2D eigenvalue weighted by Gasteiger charge is 2.23. The van der Waals surface area contributed by atoms with E-state index >= 15 is 0 Å². The van der Waals surface area contributed by atoms with Gasteiger partial charge < -0.3 is 10.2 Å². The molecule has 3 nitrogen and oxygen atoms in total. The summed E-state index contributed by atoms with van der Waals surface area (Å²) in [6, 6.07) is 18.5. The van der Waals surface area contributed by atoms with Crippen LogP contribution in [0.1, 0.15) is 28.8 Å². The lowest BCUT2D eigenvalue weighted by molar-refractivity contribution is 0.0691. The van der Waals surface area contributed by atoms with Crippen LogP contribution < -0.4 is 5.32 Å². The van der Waals surface area contributed by atoms with Gasteiger partial charge in [0, 0.05) is 29.3 Å². The second-order valence-corrected chi connectivity index (χ2v) is 7.64. The average Bonchev–Trinajstić information content (AvgIpc) is 2.68. The molecule has 0 radical (unpaired) electrons. The van der Waals surface area contributed by atoms with E-state index in [9.17, 15) is 4.79 Å². The summed E-state index contributed by atoms with van der Waals surface area (Å²) in [7, 11) is 2.00. The first-order valence-electron chi connectivity index (χ1n) is 8.97. The maximum absolute atomic E-state index is 12.7. The minimum absolute atomic E-state index is 0. The highest BCUT2D eigenvalue weighted by Crippen LogP contribution is 2.23. The van der Waals surface area contributed by atoms with Crippen molar-refractivity contribution < 1.29 is 4.79 Å². The smallest absolute Gasteiger partial charge is 0.253 e. The van der Waals surface area contributed by atoms with Gasteiger partial charge in [-0.2, -0.15) is 0 Å². The van der Waals surface area contributed by atoms with Crippen molar-refractivity contribution in [3.05, 3.63) is 65.7 Å². The number of hydrogen-bond donors (Lipinski definition) is 1. The number of rotatable bonds is 6. The summed E-state index contributed by atoms with van der Waals surface area (Å²) in [4.78, 5) is 15.9. The van der Waals surface area contributed by atoms with Crippen LogP contribution >= 0.6 is 24.2 Å². The molecule has 3 rings (SSSR count). The first-order chi connectivity index (χ1) is 12.3. The maximum Gasteiger partial charge on any atom is 0.253 e. The zero-order valence-electron chi connectivity index (χ0n) is 15.2. The largest absolute Gasteiger partial charge is 0.339 e. The van der Waals surface area contributed by atoms with E-state index in [4.69, 9.17) is 0 Å². The van der Waals surface area contributed by atoms with Crippen LogP contribution in [0.3, 0.4) is 0 Å². The molecular formula is C21H27ClN2OS. The van der Waals surface area contributed by atoms with Crippen molar-refractivity contribution in [1.29, 1.82) is 0 Å². The fourth-order valence-electron chi connectivity index (χ4n) is 3.24. The quantitative estimate of drug-likeness (QED) is 0.738. The van der Waals surface area contributed by atoms with Crippen LogP contribution in [0, 0.1) is 5.92 Å². The summed E-state index contributed by atoms with van der Waals surface area (Å²) in [5.74, 6) is 1.80. The Hall–Kier alpha value is -1.49. The van der Waals surface area contributed by atoms with Crippen molar-refractivity contribution in [2.75, 3.05) is 26.7 Å². The fraction of sp³-hybridized carbons (Fsp3) is 0.381. The number of piperidine rings is 1. The van der Waals surface area contributed by atoms with Crippen LogP contribution in [0.2, 0.25) is 0 Å². The van der Waals surface area contributed by atoms with Crippen molar-refractivity contribution in [2.24, 2.45) is 5.92 Å². The number of carbonyl (C=O) groups is 1. The lowest BCUT2D eigenvalue weighted by atomic mass is 9.96. The van der Waals surface area contributed by atoms with Gasteiger partial charge in [-0.05, 0) is 62.2 Å². The van der Waals surface area contributed by atoms with Crippen molar-refractivity contribution in [2.45, 2.75) is 23.5 Å². The predicted octanol–water partition coefficient (Wildman–Crippen LogP) is 4.47. The standard InChI is InChI=1S/C21H26N2OS.ClH/c1-22-15-17-11-13-23(14-12-17)21(24)19-9-7-18(8-10-19)16-25-20-5-3-2-4-6-20;/h2-10,17,22H,11-16H2,1H3;1H. The summed E-state index contributed by atoms with van der Waals surface area (Å²) < 4.78 is 0. The Labute approximate surface area is 167 Å². The molecule has 0 unspecified atom stereocenters. The zero-order chi connectivity index (χ0) is 17.5. The van der Waals surface area contributed by atoms with Gasteiger partial charge in [0.2, 0.25) is 0 Å². The van der Waals surface area contributed by atoms with Crippen LogP contribution in [0.4, 0.5) is 0 Å². The molecule has 1 saturated heterocycles. The molecule has 1 amide bonds. The van der Waals surface area contributed by atoms with Crippen molar-refractivity contribution in [3.8, 4) is 0 Å². The molecule has 1 fully saturated rings. The zero-order valence-corrected chi connectivity index (χ0v) is 16.8. The number of likely N-dealkylation sites (tertiary alicyclic amines) is 1. The lowest BCUT2D eigenvalue weighted by Crippen LogP contribution is -2.40. The number of hydrogen-bond acceptors (Lipinski definition) is 3. The van der Waals surface area contributed by atoms with Gasteiger partial charge in [-0.3, -0.25) is 4.79 Å². The average molecular weight is 391 g/mol. The third kappa shape index (κ3) is 5.76. The molecular weight excluding hydrogens is 364 g/mol. The molecule has 0 aliphatic carbocycles. The normalized spacial score (nSPS) is 14.7. The van der Waals surface area contributed by atoms with Crippen LogP contribution in [-0.4, -0.2) is 37.5 Å². The Morgan fingerprint density at radius 3 is 2.35 bits per heavy atom. The maximum atomic E-state index is 12.7. The van der Waals surface area contributed by atoms with E-state index in [1.165, 1.54) is 10.5 Å². The van der Waals surface area contributed by atoms with E-state index in [0.29, 0.717) is 5.92 Å². The summed E-state index contributed by atoms with van der Waals surface area (Å²) in [6.07, 6.45) is 2.19. The molecule has 0 bridgehead atoms. The van der Waals surface area contributed by atoms with Gasteiger partial charge in [-0.1, -0.05) is 30.3 Å². The third-order valence-corrected chi connectivity index (χ3v) is 5.83. The topological polar surface area (TPSA) is 32.3 Å². The minimum Gasteiger partial charge on any atom is -0.339 e. The summed E-state index contributed by atoms with van der Waals surface area (Å²) in [5, 5.41) is 3.24. The second-order valence-electron chi connectivity index (χ2n) is 6.59. The highest BCUT2D eigenvalue weighted by atomic mass is 35.5. The number of nitrogens with one attached hydrogen (secondary N) is 1. The second kappa shape index (κ2) is 10.6. The van der Waals surface area contributed by atoms with E-state index in [-0.39, 0.29) is 18.3 Å². The van der Waals surface area contributed by atoms with E-state index < -0.39 is 0 Å². The number of benzene rings is 2. The van der Waals surface area contributed by atoms with E-state index in [1.54, 1.807) is 0 Å². The van der Waals surface area contributed by atoms with Gasteiger partial charge >= 0.3 is 0 Å². The summed E-state index contributed by atoms with van der Waals surface area (Å²) in [6.45, 7) is 2.80. The van der Waals surface area contributed by atoms with Crippen LogP contribution in [-0.2, 0) is 5.75 Å². The molecule has 1 heterocycles. The van der Waals surface area contributed by atoms with E-state index in [2.05, 4.69) is 41.7 Å². The molecule has 140 valence electrons. The Kier molecular flexibility index (Phi) is 8.49. The number of halogens is 1. The van der Waals surface area contributed by atoms with Crippen LogP contribution in [0.5, 0.6) is 0 Å². The SMILES string of the molecule is CNCC1CCN(C(=O)c2ccc(CSc3ccccc3)cc2)CC1.Cl. The Bertz CT molecular complexity index is 670. The molecule has 1 aliphatic heterocycles. The molecule has 1 N–H and O–H groups in total. The van der Waals surface area contributed by atoms with E-state index in [0.717, 1.165) is 43.8 Å². The molecule has 0 atom stereocenters. The first kappa shape index (κ1) is 20.8. The summed E-state index contributed by atoms with van der Waals surface area (Å²) >= 11 is 1.82. The predicted molar refractivity (Wildman–Crippen MR) is 112 cm³/mol. The molecule has 2 aromatic carbocycles. The Morgan fingerprint density at radius 2 is 1.73 bits per heavy atom. The van der Waals surface area contributed by atoms with Crippen molar-refractivity contribution >= 4 is 30.1 Å². The van der Waals surface area contributed by atoms with Gasteiger partial charge in [0.25, 0.3) is 5.91 Å². The minimum atomic E-state index is 0. The van der Waals surface area contributed by atoms with Gasteiger partial charge in [-0.25, -0.2) is 0 Å². The van der Waals surface area contributed by atoms with Crippen molar-refractivity contribution in [3.63, 3.8) is 0 Å². The van der Waals surface area contributed by atoms with Gasteiger partial charge in [0.15, 0.2) is 0 Å². The molecule has 0 spiro atoms. The highest BCUT2D eigenvalue weighted by molar-refractivity contribution is 7.98. The molecule has 2 aromatic rings. The number of nitrogens with zero attached hydrogens (tertiary/aromatic N) is 1. The van der Waals surface area contributed by atoms with E-state index in [1.807, 2.05) is 41.9 Å². The lowest BCUT2D eigenvalue weighted by Gasteiger charge is -2.32. The fourth-order valence-corrected chi connectivity index (χ4v) is 4.11. The summed E-state index contributed by atoms with van der Waals surface area (Å²) in [5.41, 5.74) is 2.05. The Morgan fingerprint density at radius 1 is 1.08 bits per heavy atom. The number of carbonyl (C=O) groups excluding carboxylic acids is 1. The molecule has 0 saturated carbocycles. The number of thioether (sulfide) groups is 1. The molecule has 1 aliphatic rings. The number of amides is 1.